The first kappa shape index (κ1) is 21.9. The van der Waals surface area contributed by atoms with E-state index in [4.69, 9.17) is 4.74 Å². The Hall–Kier alpha value is -2.84. The Balaban J connectivity index is 1.73. The highest BCUT2D eigenvalue weighted by atomic mass is 16.6. The second-order valence-corrected chi connectivity index (χ2v) is 8.87. The molecule has 2 heterocycles. The predicted molar refractivity (Wildman–Crippen MR) is 113 cm³/mol. The molecule has 1 saturated carbocycles. The Labute approximate surface area is 177 Å². The molecule has 0 radical (unpaired) electrons. The van der Waals surface area contributed by atoms with Crippen molar-refractivity contribution < 1.29 is 14.3 Å². The Morgan fingerprint density at radius 2 is 1.87 bits per heavy atom. The van der Waals surface area contributed by atoms with E-state index in [-0.39, 0.29) is 12.5 Å². The van der Waals surface area contributed by atoms with Crippen LogP contribution < -0.4 is 10.6 Å². The number of ether oxygens (including phenoxy) is 1. The number of hydrogen-bond acceptors (Lipinski definition) is 5. The summed E-state index contributed by atoms with van der Waals surface area (Å²) in [6.07, 6.45) is 5.71. The molecule has 0 bridgehead atoms. The third kappa shape index (κ3) is 4.83. The van der Waals surface area contributed by atoms with E-state index in [1.54, 1.807) is 17.9 Å². The first-order chi connectivity index (χ1) is 14.1. The smallest absolute Gasteiger partial charge is 0.407 e. The quantitative estimate of drug-likeness (QED) is 0.775. The van der Waals surface area contributed by atoms with E-state index >= 15 is 0 Å². The predicted octanol–water partition coefficient (Wildman–Crippen LogP) is 3.63. The van der Waals surface area contributed by atoms with Crippen molar-refractivity contribution in [2.24, 2.45) is 7.05 Å². The van der Waals surface area contributed by atoms with Crippen LogP contribution in [0.25, 0.3) is 0 Å². The molecular formula is C21H32N6O3. The molecule has 9 nitrogen and oxygen atoms in total. The molecule has 0 aliphatic heterocycles. The maximum atomic E-state index is 12.9. The molecule has 1 fully saturated rings. The SMILES string of the molecule is Cc1c(CNC(=O)OC(C)(C)C)c(NC(=O)c2cnn(C3CCCC3)c2C)nn1C. The maximum Gasteiger partial charge on any atom is 0.407 e. The Bertz CT molecular complexity index is 931. The fourth-order valence-corrected chi connectivity index (χ4v) is 3.78. The minimum atomic E-state index is -0.581. The van der Waals surface area contributed by atoms with Crippen molar-refractivity contribution in [1.29, 1.82) is 0 Å². The monoisotopic (exact) mass is 416 g/mol. The number of carbonyl (C=O) groups excluding carboxylic acids is 2. The molecule has 30 heavy (non-hydrogen) atoms. The number of anilines is 1. The number of aryl methyl sites for hydroxylation is 1. The molecule has 0 aromatic carbocycles. The van der Waals surface area contributed by atoms with Crippen molar-refractivity contribution in [2.45, 2.75) is 78.5 Å². The van der Waals surface area contributed by atoms with Gasteiger partial charge in [-0.2, -0.15) is 10.2 Å². The van der Waals surface area contributed by atoms with E-state index in [2.05, 4.69) is 20.8 Å². The molecule has 1 aliphatic carbocycles. The van der Waals surface area contributed by atoms with Gasteiger partial charge in [-0.05, 0) is 47.5 Å². The molecule has 3 rings (SSSR count). The van der Waals surface area contributed by atoms with E-state index in [0.717, 1.165) is 29.8 Å². The van der Waals surface area contributed by atoms with Gasteiger partial charge in [0, 0.05) is 24.0 Å². The van der Waals surface area contributed by atoms with Gasteiger partial charge in [-0.25, -0.2) is 4.79 Å². The zero-order valence-electron chi connectivity index (χ0n) is 18.7. The summed E-state index contributed by atoms with van der Waals surface area (Å²) in [5.74, 6) is 0.164. The summed E-state index contributed by atoms with van der Waals surface area (Å²) in [6, 6.07) is 0.372. The van der Waals surface area contributed by atoms with Crippen LogP contribution in [0.1, 0.15) is 79.8 Å². The third-order valence-electron chi connectivity index (χ3n) is 5.46. The second-order valence-electron chi connectivity index (χ2n) is 8.87. The highest BCUT2D eigenvalue weighted by molar-refractivity contribution is 6.04. The van der Waals surface area contributed by atoms with Crippen molar-refractivity contribution in [2.75, 3.05) is 5.32 Å². The lowest BCUT2D eigenvalue weighted by Crippen LogP contribution is -2.32. The van der Waals surface area contributed by atoms with E-state index in [1.807, 2.05) is 39.3 Å². The normalized spacial score (nSPS) is 14.7. The van der Waals surface area contributed by atoms with Gasteiger partial charge in [-0.15, -0.1) is 0 Å². The summed E-state index contributed by atoms with van der Waals surface area (Å²) >= 11 is 0. The van der Waals surface area contributed by atoms with E-state index in [0.29, 0.717) is 17.4 Å². The van der Waals surface area contributed by atoms with Crippen molar-refractivity contribution in [3.05, 3.63) is 28.7 Å². The molecule has 2 aromatic heterocycles. The number of hydrogen-bond donors (Lipinski definition) is 2. The van der Waals surface area contributed by atoms with Crippen LogP contribution in [0, 0.1) is 13.8 Å². The topological polar surface area (TPSA) is 103 Å². The van der Waals surface area contributed by atoms with E-state index in [9.17, 15) is 9.59 Å². The second kappa shape index (κ2) is 8.49. The van der Waals surface area contributed by atoms with Crippen molar-refractivity contribution in [3.63, 3.8) is 0 Å². The van der Waals surface area contributed by atoms with Gasteiger partial charge in [-0.1, -0.05) is 12.8 Å². The molecule has 0 saturated heterocycles. The summed E-state index contributed by atoms with van der Waals surface area (Å²) < 4.78 is 8.93. The fourth-order valence-electron chi connectivity index (χ4n) is 3.78. The average Bonchev–Trinajstić information content (AvgIpc) is 3.33. The number of amides is 2. The molecule has 9 heteroatoms. The van der Waals surface area contributed by atoms with Crippen molar-refractivity contribution in [1.82, 2.24) is 24.9 Å². The maximum absolute atomic E-state index is 12.9. The minimum absolute atomic E-state index is 0.199. The van der Waals surface area contributed by atoms with Crippen LogP contribution >= 0.6 is 0 Å². The summed E-state index contributed by atoms with van der Waals surface area (Å²) in [4.78, 5) is 25.0. The molecule has 1 aliphatic rings. The number of carbonyl (C=O) groups is 2. The van der Waals surface area contributed by atoms with Gasteiger partial charge < -0.3 is 15.4 Å². The zero-order chi connectivity index (χ0) is 22.1. The van der Waals surface area contributed by atoms with Gasteiger partial charge in [0.15, 0.2) is 5.82 Å². The largest absolute Gasteiger partial charge is 0.444 e. The van der Waals surface area contributed by atoms with Gasteiger partial charge >= 0.3 is 6.09 Å². The first-order valence-corrected chi connectivity index (χ1v) is 10.4. The third-order valence-corrected chi connectivity index (χ3v) is 5.46. The van der Waals surface area contributed by atoms with Crippen LogP contribution in [0.4, 0.5) is 10.6 Å². The Morgan fingerprint density at radius 3 is 2.50 bits per heavy atom. The number of rotatable bonds is 5. The zero-order valence-corrected chi connectivity index (χ0v) is 18.7. The van der Waals surface area contributed by atoms with Crippen molar-refractivity contribution >= 4 is 17.8 Å². The molecule has 164 valence electrons. The van der Waals surface area contributed by atoms with Crippen LogP contribution in [-0.2, 0) is 18.3 Å². The summed E-state index contributed by atoms with van der Waals surface area (Å²) in [6.45, 7) is 9.43. The molecule has 2 aromatic rings. The van der Waals surface area contributed by atoms with Crippen LogP contribution in [0.3, 0.4) is 0 Å². The number of nitrogens with zero attached hydrogens (tertiary/aromatic N) is 4. The van der Waals surface area contributed by atoms with Gasteiger partial charge in [0.2, 0.25) is 0 Å². The molecular weight excluding hydrogens is 384 g/mol. The first-order valence-electron chi connectivity index (χ1n) is 10.4. The summed E-state index contributed by atoms with van der Waals surface area (Å²) in [5.41, 5.74) is 2.40. The van der Waals surface area contributed by atoms with Gasteiger partial charge in [0.1, 0.15) is 5.60 Å². The molecule has 0 spiro atoms. The summed E-state index contributed by atoms with van der Waals surface area (Å²) in [5, 5.41) is 14.5. The van der Waals surface area contributed by atoms with Crippen molar-refractivity contribution in [3.8, 4) is 0 Å². The van der Waals surface area contributed by atoms with Crippen LogP contribution in [0.2, 0.25) is 0 Å². The Morgan fingerprint density at radius 1 is 1.20 bits per heavy atom. The van der Waals surface area contributed by atoms with Crippen LogP contribution in [-0.4, -0.2) is 37.2 Å². The number of nitrogens with one attached hydrogen (secondary N) is 2. The van der Waals surface area contributed by atoms with Gasteiger partial charge in [0.25, 0.3) is 5.91 Å². The summed E-state index contributed by atoms with van der Waals surface area (Å²) in [7, 11) is 1.80. The van der Waals surface area contributed by atoms with Crippen LogP contribution in [0.5, 0.6) is 0 Å². The lowest BCUT2D eigenvalue weighted by Gasteiger charge is -2.19. The average molecular weight is 417 g/mol. The molecule has 0 unspecified atom stereocenters. The lowest BCUT2D eigenvalue weighted by atomic mass is 10.2. The minimum Gasteiger partial charge on any atom is -0.444 e. The lowest BCUT2D eigenvalue weighted by molar-refractivity contribution is 0.0523. The highest BCUT2D eigenvalue weighted by Crippen LogP contribution is 2.30. The van der Waals surface area contributed by atoms with Gasteiger partial charge in [-0.3, -0.25) is 14.2 Å². The standard InChI is InChI=1S/C21H32N6O3/c1-13-16(11-22-20(29)30-21(3,4)5)18(25-26(13)6)24-19(28)17-12-23-27(14(17)2)15-9-7-8-10-15/h12,15H,7-11H2,1-6H3,(H,22,29)(H,24,25,28). The van der Waals surface area contributed by atoms with Gasteiger partial charge in [0.05, 0.1) is 24.3 Å². The van der Waals surface area contributed by atoms with E-state index in [1.165, 1.54) is 12.8 Å². The molecule has 0 atom stereocenters. The fraction of sp³-hybridized carbons (Fsp3) is 0.619. The Kier molecular flexibility index (Phi) is 6.19. The number of alkyl carbamates (subject to hydrolysis) is 1. The molecule has 2 amide bonds. The number of aromatic nitrogens is 4. The molecule has 2 N–H and O–H groups in total. The highest BCUT2D eigenvalue weighted by Gasteiger charge is 2.24. The van der Waals surface area contributed by atoms with Crippen LogP contribution in [0.15, 0.2) is 6.20 Å². The van der Waals surface area contributed by atoms with E-state index < -0.39 is 11.7 Å².